The summed E-state index contributed by atoms with van der Waals surface area (Å²) in [6, 6.07) is 11.2. The molecule has 35 heavy (non-hydrogen) atoms. The molecule has 0 aliphatic heterocycles. The molecule has 4 aromatic rings. The molecule has 11 heteroatoms. The number of carboxylic acids is 1. The van der Waals surface area contributed by atoms with E-state index in [1.54, 1.807) is 24.3 Å². The zero-order valence-electron chi connectivity index (χ0n) is 18.2. The van der Waals surface area contributed by atoms with Gasteiger partial charge in [0.05, 0.1) is 6.07 Å². The Labute approximate surface area is 196 Å². The van der Waals surface area contributed by atoms with Crippen molar-refractivity contribution in [1.82, 2.24) is 0 Å². The summed E-state index contributed by atoms with van der Waals surface area (Å²) in [5.74, 6) is -1.67. The molecule has 2 aromatic carbocycles. The summed E-state index contributed by atoms with van der Waals surface area (Å²) in [5, 5.41) is 9.33. The van der Waals surface area contributed by atoms with E-state index in [-0.39, 0.29) is 59.1 Å². The van der Waals surface area contributed by atoms with Crippen LogP contribution in [0.2, 0.25) is 0 Å². The van der Waals surface area contributed by atoms with E-state index in [1.165, 1.54) is 19.2 Å². The molecule has 0 amide bonds. The summed E-state index contributed by atoms with van der Waals surface area (Å²) >= 11 is 0. The van der Waals surface area contributed by atoms with Crippen molar-refractivity contribution in [3.63, 3.8) is 0 Å². The number of fused-ring (bicyclic) bond motifs is 2. The lowest BCUT2D eigenvalue weighted by Crippen LogP contribution is -2.28. The minimum absolute atomic E-state index is 0.0236. The van der Waals surface area contributed by atoms with Gasteiger partial charge in [0, 0.05) is 13.2 Å². The number of rotatable bonds is 10. The minimum Gasteiger partial charge on any atom is -0.490 e. The first-order valence-electron chi connectivity index (χ1n) is 10.2. The van der Waals surface area contributed by atoms with Crippen LogP contribution >= 0.6 is 0 Å². The Kier molecular flexibility index (Phi) is 6.78. The van der Waals surface area contributed by atoms with Crippen molar-refractivity contribution >= 4 is 34.4 Å². The topological polar surface area (TPSA) is 152 Å². The number of carboxylic acid groups (broad SMARTS) is 1. The van der Waals surface area contributed by atoms with E-state index in [0.717, 1.165) is 12.1 Å². The van der Waals surface area contributed by atoms with Crippen LogP contribution in [-0.4, -0.2) is 44.0 Å². The van der Waals surface area contributed by atoms with E-state index in [1.807, 2.05) is 0 Å². The highest BCUT2D eigenvalue weighted by atomic mass is 16.6. The Morgan fingerprint density at radius 1 is 0.943 bits per heavy atom. The first-order valence-corrected chi connectivity index (χ1v) is 10.2. The van der Waals surface area contributed by atoms with Gasteiger partial charge in [-0.3, -0.25) is 14.4 Å². The molecule has 1 unspecified atom stereocenters. The number of methoxy groups -OCH3 is 1. The van der Waals surface area contributed by atoms with Crippen molar-refractivity contribution in [2.45, 2.75) is 6.10 Å². The molecule has 2 aromatic heterocycles. The molecule has 0 radical (unpaired) electrons. The molecule has 2 heterocycles. The van der Waals surface area contributed by atoms with E-state index in [0.29, 0.717) is 0 Å². The number of aromatic carboxylic acids is 1. The van der Waals surface area contributed by atoms with E-state index < -0.39 is 28.7 Å². The number of carbonyl (C=O) groups is 2. The number of hydrogen-bond acceptors (Lipinski definition) is 10. The van der Waals surface area contributed by atoms with Crippen LogP contribution in [0.4, 0.5) is 0 Å². The zero-order chi connectivity index (χ0) is 24.9. The Bertz CT molecular complexity index is 1520. The third kappa shape index (κ3) is 4.99. The van der Waals surface area contributed by atoms with Gasteiger partial charge in [-0.1, -0.05) is 12.1 Å². The van der Waals surface area contributed by atoms with Crippen LogP contribution in [0.25, 0.3) is 21.9 Å². The van der Waals surface area contributed by atoms with Gasteiger partial charge in [0.15, 0.2) is 10.9 Å². The quantitative estimate of drug-likeness (QED) is 0.332. The van der Waals surface area contributed by atoms with Gasteiger partial charge < -0.3 is 32.9 Å². The van der Waals surface area contributed by atoms with Gasteiger partial charge >= 0.3 is 12.4 Å². The highest BCUT2D eigenvalue weighted by Gasteiger charge is 2.17. The van der Waals surface area contributed by atoms with Gasteiger partial charge in [0.25, 0.3) is 5.95 Å². The molecule has 0 fully saturated rings. The maximum Gasteiger partial charge on any atom is 0.371 e. The van der Waals surface area contributed by atoms with Crippen molar-refractivity contribution in [3.05, 3.63) is 74.7 Å². The van der Waals surface area contributed by atoms with Crippen molar-refractivity contribution < 1.29 is 42.5 Å². The fourth-order valence-electron chi connectivity index (χ4n) is 3.34. The third-order valence-corrected chi connectivity index (χ3v) is 4.97. The van der Waals surface area contributed by atoms with Crippen LogP contribution in [0.5, 0.6) is 17.4 Å². The fraction of sp³-hybridized carbons (Fsp3) is 0.167. The molecule has 0 saturated heterocycles. The molecular formula is C24H18O11. The van der Waals surface area contributed by atoms with Crippen molar-refractivity contribution in [2.75, 3.05) is 20.3 Å². The maximum atomic E-state index is 12.5. The van der Waals surface area contributed by atoms with Gasteiger partial charge in [-0.05, 0) is 24.3 Å². The second kappa shape index (κ2) is 10.1. The standard InChI is InChI=1S/C24H18O11/c1-30-13(10-31-16-4-2-6-18-22(16)14(26)8-20(34-18)24(28)29)11-32-17-5-3-7-19-23(17)15(27)9-21(35-19)33-12-25/h2-9,12-13H,10-11H2,1H3,(H,28,29). The molecule has 0 saturated carbocycles. The van der Waals surface area contributed by atoms with E-state index in [2.05, 4.69) is 4.74 Å². The Morgan fingerprint density at radius 3 is 2.06 bits per heavy atom. The van der Waals surface area contributed by atoms with Crippen molar-refractivity contribution in [2.24, 2.45) is 0 Å². The lowest BCUT2D eigenvalue weighted by Gasteiger charge is -2.18. The molecule has 11 nitrogen and oxygen atoms in total. The molecule has 0 aliphatic rings. The highest BCUT2D eigenvalue weighted by molar-refractivity contribution is 5.89. The fourth-order valence-corrected chi connectivity index (χ4v) is 3.34. The summed E-state index contributed by atoms with van der Waals surface area (Å²) in [5.41, 5.74) is -0.796. The van der Waals surface area contributed by atoms with E-state index in [9.17, 15) is 19.2 Å². The molecule has 0 spiro atoms. The lowest BCUT2D eigenvalue weighted by molar-refractivity contribution is -0.121. The summed E-state index contributed by atoms with van der Waals surface area (Å²) in [7, 11) is 1.44. The van der Waals surface area contributed by atoms with Crippen LogP contribution in [-0.2, 0) is 9.53 Å². The van der Waals surface area contributed by atoms with Gasteiger partial charge in [-0.15, -0.1) is 0 Å². The second-order valence-corrected chi connectivity index (χ2v) is 7.16. The summed E-state index contributed by atoms with van der Waals surface area (Å²) in [6.45, 7) is 0.0924. The maximum absolute atomic E-state index is 12.5. The van der Waals surface area contributed by atoms with Gasteiger partial charge in [-0.25, -0.2) is 4.79 Å². The SMILES string of the molecule is COC(COc1cccc2oc(OC=O)cc(=O)c12)COc1cccc2oc(C(=O)O)cc(=O)c12. The smallest absolute Gasteiger partial charge is 0.371 e. The summed E-state index contributed by atoms with van der Waals surface area (Å²) in [6.07, 6.45) is -0.615. The molecule has 4 rings (SSSR count). The minimum atomic E-state index is -1.36. The highest BCUT2D eigenvalue weighted by Crippen LogP contribution is 2.26. The second-order valence-electron chi connectivity index (χ2n) is 7.16. The number of hydrogen-bond donors (Lipinski definition) is 1. The van der Waals surface area contributed by atoms with Crippen LogP contribution in [0.1, 0.15) is 10.6 Å². The Hall–Kier alpha value is -4.64. The van der Waals surface area contributed by atoms with E-state index >= 15 is 0 Å². The predicted octanol–water partition coefficient (Wildman–Crippen LogP) is 2.61. The summed E-state index contributed by atoms with van der Waals surface area (Å²) in [4.78, 5) is 46.6. The predicted molar refractivity (Wildman–Crippen MR) is 120 cm³/mol. The average Bonchev–Trinajstić information content (AvgIpc) is 2.84. The van der Waals surface area contributed by atoms with Gasteiger partial charge in [-0.2, -0.15) is 0 Å². The first-order chi connectivity index (χ1) is 16.9. The number of carbonyl (C=O) groups excluding carboxylic acids is 1. The Balaban J connectivity index is 1.51. The third-order valence-electron chi connectivity index (χ3n) is 4.97. The van der Waals surface area contributed by atoms with Crippen LogP contribution in [0, 0.1) is 0 Å². The molecule has 0 bridgehead atoms. The molecule has 1 N–H and O–H groups in total. The normalized spacial score (nSPS) is 11.8. The first kappa shape index (κ1) is 23.5. The lowest BCUT2D eigenvalue weighted by atomic mass is 10.2. The number of ether oxygens (including phenoxy) is 4. The van der Waals surface area contributed by atoms with Crippen LogP contribution in [0.15, 0.2) is 67.0 Å². The molecular weight excluding hydrogens is 464 g/mol. The Morgan fingerprint density at radius 2 is 1.51 bits per heavy atom. The van der Waals surface area contributed by atoms with Crippen molar-refractivity contribution in [3.8, 4) is 17.4 Å². The molecule has 180 valence electrons. The van der Waals surface area contributed by atoms with Crippen molar-refractivity contribution in [1.29, 1.82) is 0 Å². The van der Waals surface area contributed by atoms with Crippen LogP contribution in [0.3, 0.4) is 0 Å². The average molecular weight is 482 g/mol. The summed E-state index contributed by atoms with van der Waals surface area (Å²) < 4.78 is 32.1. The number of benzene rings is 2. The largest absolute Gasteiger partial charge is 0.490 e. The molecule has 0 aliphatic carbocycles. The monoisotopic (exact) mass is 482 g/mol. The van der Waals surface area contributed by atoms with Gasteiger partial charge in [0.1, 0.15) is 52.8 Å². The van der Waals surface area contributed by atoms with E-state index in [4.69, 9.17) is 28.2 Å². The van der Waals surface area contributed by atoms with Gasteiger partial charge in [0.2, 0.25) is 5.76 Å². The molecule has 1 atom stereocenters. The zero-order valence-corrected chi connectivity index (χ0v) is 18.2. The van der Waals surface area contributed by atoms with Crippen LogP contribution < -0.4 is 25.1 Å².